The van der Waals surface area contributed by atoms with Gasteiger partial charge < -0.3 is 0 Å². The minimum absolute atomic E-state index is 0.296. The summed E-state index contributed by atoms with van der Waals surface area (Å²) >= 11 is 0. The van der Waals surface area contributed by atoms with Crippen LogP contribution in [0, 0.1) is 11.6 Å². The molecular formula is C21H18F2. The fourth-order valence-electron chi connectivity index (χ4n) is 2.74. The third-order valence-corrected chi connectivity index (χ3v) is 3.93. The summed E-state index contributed by atoms with van der Waals surface area (Å²) in [5.41, 5.74) is 4.02. The smallest absolute Gasteiger partial charge is 0.131 e. The van der Waals surface area contributed by atoms with E-state index in [-0.39, 0.29) is 11.6 Å². The Morgan fingerprint density at radius 3 is 2.09 bits per heavy atom. The van der Waals surface area contributed by atoms with Crippen LogP contribution in [0.5, 0.6) is 0 Å². The van der Waals surface area contributed by atoms with Gasteiger partial charge >= 0.3 is 0 Å². The van der Waals surface area contributed by atoms with Crippen molar-refractivity contribution >= 4 is 0 Å². The summed E-state index contributed by atoms with van der Waals surface area (Å²) in [5.74, 6) is -0.617. The van der Waals surface area contributed by atoms with Crippen LogP contribution in [-0.2, 0) is 6.42 Å². The first-order chi connectivity index (χ1) is 11.2. The van der Waals surface area contributed by atoms with E-state index in [9.17, 15) is 8.78 Å². The van der Waals surface area contributed by atoms with Gasteiger partial charge in [-0.05, 0) is 46.9 Å². The van der Waals surface area contributed by atoms with Gasteiger partial charge in [-0.2, -0.15) is 0 Å². The zero-order valence-electron chi connectivity index (χ0n) is 13.0. The van der Waals surface area contributed by atoms with E-state index in [1.165, 1.54) is 23.8 Å². The molecule has 0 saturated heterocycles. The third kappa shape index (κ3) is 3.48. The third-order valence-electron chi connectivity index (χ3n) is 3.93. The fraction of sp³-hybridized carbons (Fsp3) is 0.143. The van der Waals surface area contributed by atoms with Crippen molar-refractivity contribution < 1.29 is 8.78 Å². The number of hydrogen-bond donors (Lipinski definition) is 0. The van der Waals surface area contributed by atoms with Crippen molar-refractivity contribution in [3.63, 3.8) is 0 Å². The normalized spacial score (nSPS) is 10.7. The van der Waals surface area contributed by atoms with Crippen molar-refractivity contribution in [2.75, 3.05) is 0 Å². The number of halogens is 2. The van der Waals surface area contributed by atoms with Crippen LogP contribution in [0.25, 0.3) is 22.3 Å². The summed E-state index contributed by atoms with van der Waals surface area (Å²) in [6, 6.07) is 19.2. The van der Waals surface area contributed by atoms with Crippen molar-refractivity contribution in [2.24, 2.45) is 0 Å². The topological polar surface area (TPSA) is 0 Å². The van der Waals surface area contributed by atoms with E-state index in [0.717, 1.165) is 18.4 Å². The molecule has 0 heterocycles. The molecule has 0 radical (unpaired) electrons. The average molecular weight is 308 g/mol. The molecule has 0 aliphatic carbocycles. The highest BCUT2D eigenvalue weighted by atomic mass is 19.1. The molecule has 2 heteroatoms. The molecule has 116 valence electrons. The lowest BCUT2D eigenvalue weighted by molar-refractivity contribution is 0.627. The Balaban J connectivity index is 1.93. The summed E-state index contributed by atoms with van der Waals surface area (Å²) in [7, 11) is 0. The van der Waals surface area contributed by atoms with E-state index in [2.05, 4.69) is 6.92 Å². The first-order valence-electron chi connectivity index (χ1n) is 7.82. The van der Waals surface area contributed by atoms with E-state index < -0.39 is 0 Å². The predicted molar refractivity (Wildman–Crippen MR) is 91.2 cm³/mol. The van der Waals surface area contributed by atoms with Gasteiger partial charge in [0, 0.05) is 5.56 Å². The quantitative estimate of drug-likeness (QED) is 0.534. The Kier molecular flexibility index (Phi) is 4.52. The molecular weight excluding hydrogens is 290 g/mol. The first-order valence-corrected chi connectivity index (χ1v) is 7.82. The Bertz CT molecular complexity index is 804. The zero-order chi connectivity index (χ0) is 16.2. The zero-order valence-corrected chi connectivity index (χ0v) is 13.0. The second kappa shape index (κ2) is 6.74. The second-order valence-electron chi connectivity index (χ2n) is 5.65. The van der Waals surface area contributed by atoms with Gasteiger partial charge in [0.25, 0.3) is 0 Å². The van der Waals surface area contributed by atoms with Gasteiger partial charge in [-0.3, -0.25) is 0 Å². The Hall–Kier alpha value is -2.48. The van der Waals surface area contributed by atoms with Crippen molar-refractivity contribution in [1.29, 1.82) is 0 Å². The van der Waals surface area contributed by atoms with Gasteiger partial charge in [0.05, 0.1) is 0 Å². The van der Waals surface area contributed by atoms with Crippen LogP contribution in [0.3, 0.4) is 0 Å². The SMILES string of the molecule is CCCc1ccc(-c2ccc(-c3cccc(F)c3)cc2F)cc1. The highest BCUT2D eigenvalue weighted by Crippen LogP contribution is 2.28. The summed E-state index contributed by atoms with van der Waals surface area (Å²) < 4.78 is 27.8. The number of rotatable bonds is 4. The standard InChI is InChI=1S/C21H18F2/c1-2-4-15-7-9-16(10-8-15)20-12-11-18(14-21(20)23)17-5-3-6-19(22)13-17/h3,5-14H,2,4H2,1H3. The molecule has 3 rings (SSSR count). The van der Waals surface area contributed by atoms with Gasteiger partial charge in [0.1, 0.15) is 11.6 Å². The molecule has 0 bridgehead atoms. The van der Waals surface area contributed by atoms with Gasteiger partial charge in [0.2, 0.25) is 0 Å². The molecule has 0 aliphatic heterocycles. The van der Waals surface area contributed by atoms with Gasteiger partial charge in [-0.1, -0.05) is 61.9 Å². The predicted octanol–water partition coefficient (Wildman–Crippen LogP) is 6.25. The molecule has 0 aliphatic rings. The molecule has 0 fully saturated rings. The number of aryl methyl sites for hydroxylation is 1. The second-order valence-corrected chi connectivity index (χ2v) is 5.65. The summed E-state index contributed by atoms with van der Waals surface area (Å²) in [6.45, 7) is 2.14. The van der Waals surface area contributed by atoms with Crippen LogP contribution >= 0.6 is 0 Å². The van der Waals surface area contributed by atoms with Gasteiger partial charge in [-0.25, -0.2) is 8.78 Å². The lowest BCUT2D eigenvalue weighted by Crippen LogP contribution is -1.88. The first kappa shape index (κ1) is 15.4. The molecule has 0 spiro atoms. The minimum Gasteiger partial charge on any atom is -0.207 e. The highest BCUT2D eigenvalue weighted by molar-refractivity contribution is 5.71. The molecule has 0 aromatic heterocycles. The number of benzene rings is 3. The molecule has 0 saturated carbocycles. The minimum atomic E-state index is -0.321. The van der Waals surface area contributed by atoms with E-state index in [0.29, 0.717) is 16.7 Å². The Labute approximate surface area is 135 Å². The van der Waals surface area contributed by atoms with Crippen LogP contribution in [0.1, 0.15) is 18.9 Å². The molecule has 0 N–H and O–H groups in total. The van der Waals surface area contributed by atoms with E-state index >= 15 is 0 Å². The Morgan fingerprint density at radius 2 is 1.43 bits per heavy atom. The van der Waals surface area contributed by atoms with E-state index in [1.54, 1.807) is 18.2 Å². The van der Waals surface area contributed by atoms with E-state index in [4.69, 9.17) is 0 Å². The molecule has 0 amide bonds. The van der Waals surface area contributed by atoms with E-state index in [1.807, 2.05) is 30.3 Å². The lowest BCUT2D eigenvalue weighted by Gasteiger charge is -2.08. The van der Waals surface area contributed by atoms with Crippen LogP contribution < -0.4 is 0 Å². The van der Waals surface area contributed by atoms with Crippen LogP contribution in [0.4, 0.5) is 8.78 Å². The fourth-order valence-corrected chi connectivity index (χ4v) is 2.74. The van der Waals surface area contributed by atoms with Gasteiger partial charge in [0.15, 0.2) is 0 Å². The molecule has 0 nitrogen and oxygen atoms in total. The maximum absolute atomic E-state index is 14.5. The maximum Gasteiger partial charge on any atom is 0.131 e. The lowest BCUT2D eigenvalue weighted by atomic mass is 9.98. The van der Waals surface area contributed by atoms with Crippen molar-refractivity contribution in [3.8, 4) is 22.3 Å². The molecule has 23 heavy (non-hydrogen) atoms. The largest absolute Gasteiger partial charge is 0.207 e. The monoisotopic (exact) mass is 308 g/mol. The summed E-state index contributed by atoms with van der Waals surface area (Å²) in [6.07, 6.45) is 2.12. The van der Waals surface area contributed by atoms with Crippen molar-refractivity contribution in [1.82, 2.24) is 0 Å². The Morgan fingerprint density at radius 1 is 0.739 bits per heavy atom. The van der Waals surface area contributed by atoms with Crippen molar-refractivity contribution in [2.45, 2.75) is 19.8 Å². The average Bonchev–Trinajstić information content (AvgIpc) is 2.56. The maximum atomic E-state index is 14.5. The molecule has 3 aromatic rings. The van der Waals surface area contributed by atoms with Crippen LogP contribution in [-0.4, -0.2) is 0 Å². The molecule has 3 aromatic carbocycles. The molecule has 0 unspecified atom stereocenters. The molecule has 0 atom stereocenters. The number of hydrogen-bond acceptors (Lipinski definition) is 0. The summed E-state index contributed by atoms with van der Waals surface area (Å²) in [4.78, 5) is 0. The van der Waals surface area contributed by atoms with Gasteiger partial charge in [-0.15, -0.1) is 0 Å². The van der Waals surface area contributed by atoms with Crippen LogP contribution in [0.15, 0.2) is 66.7 Å². The highest BCUT2D eigenvalue weighted by Gasteiger charge is 2.08. The summed E-state index contributed by atoms with van der Waals surface area (Å²) in [5, 5.41) is 0. The van der Waals surface area contributed by atoms with Crippen molar-refractivity contribution in [3.05, 3.63) is 83.9 Å². The van der Waals surface area contributed by atoms with Crippen LogP contribution in [0.2, 0.25) is 0 Å².